The van der Waals surface area contributed by atoms with Gasteiger partial charge in [-0.2, -0.15) is 0 Å². The number of thioether (sulfide) groups is 1. The zero-order valence-corrected chi connectivity index (χ0v) is 16.9. The lowest BCUT2D eigenvalue weighted by Gasteiger charge is -2.08. The first-order valence-corrected chi connectivity index (χ1v) is 10.1. The summed E-state index contributed by atoms with van der Waals surface area (Å²) in [4.78, 5) is 4.45. The van der Waals surface area contributed by atoms with Gasteiger partial charge in [0.25, 0.3) is 0 Å². The summed E-state index contributed by atoms with van der Waals surface area (Å²) < 4.78 is 7.12. The van der Waals surface area contributed by atoms with Gasteiger partial charge < -0.3 is 10.6 Å². The van der Waals surface area contributed by atoms with E-state index in [9.17, 15) is 0 Å². The van der Waals surface area contributed by atoms with Crippen LogP contribution in [0.5, 0.6) is 5.75 Å². The molecule has 0 fully saturated rings. The van der Waals surface area contributed by atoms with Crippen molar-refractivity contribution in [2.45, 2.75) is 17.5 Å². The number of nitrogens with two attached hydrogens (primary N) is 1. The van der Waals surface area contributed by atoms with E-state index in [1.807, 2.05) is 24.3 Å². The van der Waals surface area contributed by atoms with Crippen LogP contribution in [0.4, 0.5) is 0 Å². The summed E-state index contributed by atoms with van der Waals surface area (Å²) in [6.07, 6.45) is 1.75. The number of benzene rings is 2. The van der Waals surface area contributed by atoms with Crippen LogP contribution in [0.3, 0.4) is 0 Å². The fourth-order valence-corrected chi connectivity index (χ4v) is 3.84. The lowest BCUT2D eigenvalue weighted by Crippen LogP contribution is -2.15. The predicted molar refractivity (Wildman–Crippen MR) is 112 cm³/mol. The molecule has 4 aromatic rings. The topological polar surface area (TPSA) is 78.9 Å². The fourth-order valence-electron chi connectivity index (χ4n) is 2.64. The highest BCUT2D eigenvalue weighted by Gasteiger charge is 2.13. The molecule has 142 valence electrons. The van der Waals surface area contributed by atoms with Gasteiger partial charge in [0.2, 0.25) is 5.16 Å². The SMILES string of the molecule is Nn1c(COc2ccc(Cl)cc2)nnc1SCc1ccc(Cl)c2cccnc12. The Balaban J connectivity index is 1.45. The molecule has 0 spiro atoms. The van der Waals surface area contributed by atoms with E-state index in [-0.39, 0.29) is 6.61 Å². The van der Waals surface area contributed by atoms with Crippen LogP contribution in [0.25, 0.3) is 10.9 Å². The van der Waals surface area contributed by atoms with Gasteiger partial charge in [-0.1, -0.05) is 41.0 Å². The molecule has 0 amide bonds. The Kier molecular flexibility index (Phi) is 5.57. The molecule has 9 heteroatoms. The van der Waals surface area contributed by atoms with Crippen LogP contribution in [0.15, 0.2) is 59.9 Å². The minimum Gasteiger partial charge on any atom is -0.486 e. The Morgan fingerprint density at radius 3 is 2.68 bits per heavy atom. The Morgan fingerprint density at radius 2 is 1.86 bits per heavy atom. The van der Waals surface area contributed by atoms with Gasteiger partial charge in [-0.3, -0.25) is 4.98 Å². The Morgan fingerprint density at radius 1 is 1.04 bits per heavy atom. The molecule has 0 aliphatic heterocycles. The molecule has 0 aliphatic rings. The molecule has 0 aliphatic carbocycles. The number of rotatable bonds is 6. The number of pyridine rings is 1. The van der Waals surface area contributed by atoms with E-state index in [2.05, 4.69) is 15.2 Å². The second-order valence-corrected chi connectivity index (χ2v) is 7.69. The van der Waals surface area contributed by atoms with Crippen LogP contribution in [-0.4, -0.2) is 19.9 Å². The minimum absolute atomic E-state index is 0.205. The normalized spacial score (nSPS) is 11.1. The lowest BCUT2D eigenvalue weighted by molar-refractivity contribution is 0.291. The first kappa shape index (κ1) is 18.9. The standard InChI is InChI=1S/C19H15Cl2N5OS/c20-13-4-6-14(7-5-13)27-10-17-24-25-19(26(17)22)28-11-12-3-8-16(21)15-2-1-9-23-18(12)15/h1-9H,10-11,22H2. The second-order valence-electron chi connectivity index (χ2n) is 5.91. The van der Waals surface area contributed by atoms with E-state index in [4.69, 9.17) is 33.8 Å². The second kappa shape index (κ2) is 8.26. The highest BCUT2D eigenvalue weighted by molar-refractivity contribution is 7.98. The van der Waals surface area contributed by atoms with E-state index in [0.29, 0.717) is 32.5 Å². The summed E-state index contributed by atoms with van der Waals surface area (Å²) in [5, 5.41) is 11.1. The van der Waals surface area contributed by atoms with Crippen LogP contribution >= 0.6 is 35.0 Å². The highest BCUT2D eigenvalue weighted by Crippen LogP contribution is 2.29. The third kappa shape index (κ3) is 4.01. The zero-order valence-electron chi connectivity index (χ0n) is 14.5. The predicted octanol–water partition coefficient (Wildman–Crippen LogP) is 4.72. The molecule has 0 radical (unpaired) electrons. The summed E-state index contributed by atoms with van der Waals surface area (Å²) in [7, 11) is 0. The highest BCUT2D eigenvalue weighted by atomic mass is 35.5. The summed E-state index contributed by atoms with van der Waals surface area (Å²) >= 11 is 13.6. The van der Waals surface area contributed by atoms with Crippen molar-refractivity contribution >= 4 is 45.9 Å². The van der Waals surface area contributed by atoms with Gasteiger partial charge in [0, 0.05) is 27.4 Å². The van der Waals surface area contributed by atoms with Gasteiger partial charge in [0.05, 0.1) is 5.52 Å². The van der Waals surface area contributed by atoms with Crippen LogP contribution in [-0.2, 0) is 12.4 Å². The smallest absolute Gasteiger partial charge is 0.210 e. The number of ether oxygens (including phenoxy) is 1. The largest absolute Gasteiger partial charge is 0.486 e. The van der Waals surface area contributed by atoms with Gasteiger partial charge in [-0.25, -0.2) is 4.68 Å². The minimum atomic E-state index is 0.205. The molecule has 2 heterocycles. The van der Waals surface area contributed by atoms with Gasteiger partial charge in [-0.05, 0) is 48.0 Å². The number of aromatic nitrogens is 4. The fraction of sp³-hybridized carbons (Fsp3) is 0.105. The summed E-state index contributed by atoms with van der Waals surface area (Å²) in [5.41, 5.74) is 1.92. The van der Waals surface area contributed by atoms with Crippen LogP contribution in [0.2, 0.25) is 10.0 Å². The summed E-state index contributed by atoms with van der Waals surface area (Å²) in [6.45, 7) is 0.205. The Labute approximate surface area is 175 Å². The Hall–Kier alpha value is -2.48. The van der Waals surface area contributed by atoms with E-state index >= 15 is 0 Å². The van der Waals surface area contributed by atoms with Crippen LogP contribution < -0.4 is 10.6 Å². The Bertz CT molecular complexity index is 1120. The number of hydrogen-bond donors (Lipinski definition) is 1. The maximum absolute atomic E-state index is 6.25. The molecular weight excluding hydrogens is 417 g/mol. The number of halogens is 2. The molecular formula is C19H15Cl2N5OS. The van der Waals surface area contributed by atoms with E-state index in [1.165, 1.54) is 16.4 Å². The molecule has 2 N–H and O–H groups in total. The first-order chi connectivity index (χ1) is 13.6. The maximum atomic E-state index is 6.25. The molecule has 2 aromatic carbocycles. The van der Waals surface area contributed by atoms with Gasteiger partial charge in [0.1, 0.15) is 12.4 Å². The average molecular weight is 432 g/mol. The van der Waals surface area contributed by atoms with Crippen LogP contribution in [0.1, 0.15) is 11.4 Å². The monoisotopic (exact) mass is 431 g/mol. The number of nitrogens with zero attached hydrogens (tertiary/aromatic N) is 4. The molecule has 6 nitrogen and oxygen atoms in total. The van der Waals surface area contributed by atoms with Crippen molar-refractivity contribution in [1.82, 2.24) is 19.9 Å². The molecule has 4 rings (SSSR count). The molecule has 0 atom stereocenters. The molecule has 0 unspecified atom stereocenters. The van der Waals surface area contributed by atoms with Crippen molar-refractivity contribution in [2.24, 2.45) is 0 Å². The van der Waals surface area contributed by atoms with Crippen molar-refractivity contribution in [3.05, 3.63) is 76.2 Å². The number of hydrogen-bond acceptors (Lipinski definition) is 6. The van der Waals surface area contributed by atoms with Crippen molar-refractivity contribution in [3.8, 4) is 5.75 Å². The van der Waals surface area contributed by atoms with E-state index < -0.39 is 0 Å². The molecule has 0 saturated heterocycles. The number of fused-ring (bicyclic) bond motifs is 1. The summed E-state index contributed by atoms with van der Waals surface area (Å²) in [6, 6.07) is 14.8. The van der Waals surface area contributed by atoms with Gasteiger partial charge in [0.15, 0.2) is 5.82 Å². The van der Waals surface area contributed by atoms with Gasteiger partial charge >= 0.3 is 0 Å². The lowest BCUT2D eigenvalue weighted by atomic mass is 10.1. The zero-order chi connectivity index (χ0) is 19.5. The molecule has 0 saturated carbocycles. The average Bonchev–Trinajstić information content (AvgIpc) is 3.07. The van der Waals surface area contributed by atoms with Crippen molar-refractivity contribution in [1.29, 1.82) is 0 Å². The third-order valence-corrected chi connectivity index (χ3v) is 5.65. The maximum Gasteiger partial charge on any atom is 0.210 e. The van der Waals surface area contributed by atoms with E-state index in [0.717, 1.165) is 16.5 Å². The van der Waals surface area contributed by atoms with Crippen molar-refractivity contribution in [2.75, 3.05) is 5.84 Å². The number of nitrogen functional groups attached to an aromatic ring is 1. The molecule has 2 aromatic heterocycles. The van der Waals surface area contributed by atoms with Gasteiger partial charge in [-0.15, -0.1) is 10.2 Å². The third-order valence-electron chi connectivity index (χ3n) is 4.07. The van der Waals surface area contributed by atoms with Crippen molar-refractivity contribution in [3.63, 3.8) is 0 Å². The first-order valence-electron chi connectivity index (χ1n) is 8.34. The van der Waals surface area contributed by atoms with E-state index in [1.54, 1.807) is 30.5 Å². The summed E-state index contributed by atoms with van der Waals surface area (Å²) in [5.74, 6) is 7.97. The van der Waals surface area contributed by atoms with Crippen molar-refractivity contribution < 1.29 is 4.74 Å². The van der Waals surface area contributed by atoms with Crippen LogP contribution in [0, 0.1) is 0 Å². The molecule has 28 heavy (non-hydrogen) atoms. The quantitative estimate of drug-likeness (QED) is 0.351. The molecule has 0 bridgehead atoms.